The van der Waals surface area contributed by atoms with Crippen LogP contribution in [-0.2, 0) is 4.74 Å². The van der Waals surface area contributed by atoms with Crippen LogP contribution in [0, 0.1) is 5.92 Å². The first-order valence-corrected chi connectivity index (χ1v) is 6.95. The molecular formula is C15H24N2O2. The Hall–Kier alpha value is -1.10. The van der Waals surface area contributed by atoms with Crippen molar-refractivity contribution >= 4 is 5.69 Å². The van der Waals surface area contributed by atoms with Crippen molar-refractivity contribution < 1.29 is 9.84 Å². The van der Waals surface area contributed by atoms with Gasteiger partial charge in [0.05, 0.1) is 6.10 Å². The topological polar surface area (TPSA) is 58.7 Å². The van der Waals surface area contributed by atoms with Crippen LogP contribution in [0.15, 0.2) is 24.3 Å². The van der Waals surface area contributed by atoms with Gasteiger partial charge in [-0.25, -0.2) is 0 Å². The fourth-order valence-electron chi connectivity index (χ4n) is 2.56. The molecule has 0 amide bonds. The van der Waals surface area contributed by atoms with Gasteiger partial charge in [0, 0.05) is 32.0 Å². The highest BCUT2D eigenvalue weighted by atomic mass is 16.5. The molecule has 3 N–H and O–H groups in total. The molecule has 4 nitrogen and oxygen atoms in total. The van der Waals surface area contributed by atoms with E-state index in [2.05, 4.69) is 11.9 Å². The standard InChI is InChI=1S/C15H24N2O2/c1-17(10-12-6-8-19-9-7-12)11-15(18)13-2-4-14(16)5-3-13/h2-5,12,15,18H,6-11,16H2,1H3. The number of hydrogen-bond donors (Lipinski definition) is 2. The summed E-state index contributed by atoms with van der Waals surface area (Å²) in [6, 6.07) is 7.44. The second-order valence-corrected chi connectivity index (χ2v) is 5.46. The summed E-state index contributed by atoms with van der Waals surface area (Å²) in [4.78, 5) is 2.21. The minimum absolute atomic E-state index is 0.453. The van der Waals surface area contributed by atoms with Crippen LogP contribution < -0.4 is 5.73 Å². The number of anilines is 1. The molecule has 106 valence electrons. The molecule has 0 saturated carbocycles. The first-order chi connectivity index (χ1) is 9.15. The Balaban J connectivity index is 1.80. The first-order valence-electron chi connectivity index (χ1n) is 6.95. The number of nitrogen functional groups attached to an aromatic ring is 1. The van der Waals surface area contributed by atoms with Crippen LogP contribution in [0.5, 0.6) is 0 Å². The molecule has 1 aliphatic heterocycles. The molecule has 1 heterocycles. The van der Waals surface area contributed by atoms with Crippen molar-refractivity contribution in [1.82, 2.24) is 4.90 Å². The van der Waals surface area contributed by atoms with Crippen LogP contribution in [-0.4, -0.2) is 43.4 Å². The van der Waals surface area contributed by atoms with E-state index in [1.165, 1.54) is 0 Å². The third kappa shape index (κ3) is 4.49. The molecule has 1 aliphatic rings. The van der Waals surface area contributed by atoms with E-state index in [0.29, 0.717) is 12.5 Å². The molecule has 1 unspecified atom stereocenters. The van der Waals surface area contributed by atoms with Gasteiger partial charge in [0.25, 0.3) is 0 Å². The highest BCUT2D eigenvalue weighted by molar-refractivity contribution is 5.39. The van der Waals surface area contributed by atoms with Crippen molar-refractivity contribution in [3.63, 3.8) is 0 Å². The molecule has 1 aromatic carbocycles. The lowest BCUT2D eigenvalue weighted by atomic mass is 9.99. The Kier molecular flexibility index (Phi) is 5.19. The zero-order valence-electron chi connectivity index (χ0n) is 11.6. The summed E-state index contributed by atoms with van der Waals surface area (Å²) >= 11 is 0. The minimum Gasteiger partial charge on any atom is -0.399 e. The number of nitrogens with two attached hydrogens (primary N) is 1. The third-order valence-corrected chi connectivity index (χ3v) is 3.72. The third-order valence-electron chi connectivity index (χ3n) is 3.72. The van der Waals surface area contributed by atoms with Gasteiger partial charge < -0.3 is 20.5 Å². The van der Waals surface area contributed by atoms with Crippen molar-refractivity contribution in [2.24, 2.45) is 5.92 Å². The maximum absolute atomic E-state index is 10.2. The van der Waals surface area contributed by atoms with E-state index in [9.17, 15) is 5.11 Å². The van der Waals surface area contributed by atoms with Gasteiger partial charge in [0.1, 0.15) is 0 Å². The summed E-state index contributed by atoms with van der Waals surface area (Å²) in [5.74, 6) is 0.692. The van der Waals surface area contributed by atoms with E-state index >= 15 is 0 Å². The Labute approximate surface area is 115 Å². The van der Waals surface area contributed by atoms with Crippen molar-refractivity contribution in [3.8, 4) is 0 Å². The summed E-state index contributed by atoms with van der Waals surface area (Å²) in [6.45, 7) is 3.43. The lowest BCUT2D eigenvalue weighted by molar-refractivity contribution is 0.0478. The molecular weight excluding hydrogens is 240 g/mol. The van der Waals surface area contributed by atoms with E-state index in [-0.39, 0.29) is 0 Å². The van der Waals surface area contributed by atoms with Crippen LogP contribution in [0.3, 0.4) is 0 Å². The second kappa shape index (κ2) is 6.89. The SMILES string of the molecule is CN(CC1CCOCC1)CC(O)c1ccc(N)cc1. The van der Waals surface area contributed by atoms with Crippen molar-refractivity contribution in [2.45, 2.75) is 18.9 Å². The van der Waals surface area contributed by atoms with Gasteiger partial charge in [-0.2, -0.15) is 0 Å². The van der Waals surface area contributed by atoms with Gasteiger partial charge in [-0.15, -0.1) is 0 Å². The maximum atomic E-state index is 10.2. The van der Waals surface area contributed by atoms with Crippen LogP contribution in [0.4, 0.5) is 5.69 Å². The normalized spacial score (nSPS) is 18.7. The summed E-state index contributed by atoms with van der Waals surface area (Å²) in [7, 11) is 2.07. The molecule has 0 aromatic heterocycles. The molecule has 4 heteroatoms. The van der Waals surface area contributed by atoms with Crippen LogP contribution in [0.2, 0.25) is 0 Å². The Morgan fingerprint density at radius 2 is 1.95 bits per heavy atom. The average molecular weight is 264 g/mol. The molecule has 1 atom stereocenters. The number of benzene rings is 1. The van der Waals surface area contributed by atoms with Gasteiger partial charge in [0.2, 0.25) is 0 Å². The summed E-state index contributed by atoms with van der Waals surface area (Å²) in [6.07, 6.45) is 1.80. The van der Waals surface area contributed by atoms with Gasteiger partial charge >= 0.3 is 0 Å². The smallest absolute Gasteiger partial charge is 0.0916 e. The van der Waals surface area contributed by atoms with Crippen molar-refractivity contribution in [2.75, 3.05) is 39.1 Å². The molecule has 19 heavy (non-hydrogen) atoms. The first kappa shape index (κ1) is 14.3. The summed E-state index contributed by atoms with van der Waals surface area (Å²) in [5, 5.41) is 10.2. The quantitative estimate of drug-likeness (QED) is 0.794. The summed E-state index contributed by atoms with van der Waals surface area (Å²) in [5.41, 5.74) is 7.30. The van der Waals surface area contributed by atoms with E-state index in [1.807, 2.05) is 24.3 Å². The fourth-order valence-corrected chi connectivity index (χ4v) is 2.56. The molecule has 2 rings (SSSR count). The zero-order valence-corrected chi connectivity index (χ0v) is 11.6. The lowest BCUT2D eigenvalue weighted by Gasteiger charge is -2.28. The zero-order chi connectivity index (χ0) is 13.7. The molecule has 0 aliphatic carbocycles. The number of rotatable bonds is 5. The second-order valence-electron chi connectivity index (χ2n) is 5.46. The van der Waals surface area contributed by atoms with Gasteiger partial charge in [0.15, 0.2) is 0 Å². The summed E-state index contributed by atoms with van der Waals surface area (Å²) < 4.78 is 5.36. The molecule has 1 fully saturated rings. The van der Waals surface area contributed by atoms with Gasteiger partial charge in [-0.3, -0.25) is 0 Å². The average Bonchev–Trinajstić information content (AvgIpc) is 2.40. The van der Waals surface area contributed by atoms with E-state index in [1.54, 1.807) is 0 Å². The number of aliphatic hydroxyl groups excluding tert-OH is 1. The monoisotopic (exact) mass is 264 g/mol. The minimum atomic E-state index is -0.453. The van der Waals surface area contributed by atoms with Gasteiger partial charge in [-0.1, -0.05) is 12.1 Å². The van der Waals surface area contributed by atoms with E-state index in [4.69, 9.17) is 10.5 Å². The van der Waals surface area contributed by atoms with Crippen LogP contribution >= 0.6 is 0 Å². The molecule has 1 saturated heterocycles. The van der Waals surface area contributed by atoms with Gasteiger partial charge in [-0.05, 0) is 43.5 Å². The highest BCUT2D eigenvalue weighted by Crippen LogP contribution is 2.19. The van der Waals surface area contributed by atoms with Crippen LogP contribution in [0.1, 0.15) is 24.5 Å². The predicted molar refractivity (Wildman–Crippen MR) is 76.9 cm³/mol. The number of aliphatic hydroxyl groups is 1. The maximum Gasteiger partial charge on any atom is 0.0916 e. The predicted octanol–water partition coefficient (Wildman–Crippen LogP) is 1.66. The van der Waals surface area contributed by atoms with Crippen molar-refractivity contribution in [3.05, 3.63) is 29.8 Å². The molecule has 0 bridgehead atoms. The number of hydrogen-bond acceptors (Lipinski definition) is 4. The Morgan fingerprint density at radius 1 is 1.32 bits per heavy atom. The number of likely N-dealkylation sites (N-methyl/N-ethyl adjacent to an activating group) is 1. The fraction of sp³-hybridized carbons (Fsp3) is 0.600. The Morgan fingerprint density at radius 3 is 2.58 bits per heavy atom. The van der Waals surface area contributed by atoms with Crippen molar-refractivity contribution in [1.29, 1.82) is 0 Å². The number of nitrogens with zero attached hydrogens (tertiary/aromatic N) is 1. The van der Waals surface area contributed by atoms with E-state index in [0.717, 1.165) is 43.9 Å². The highest BCUT2D eigenvalue weighted by Gasteiger charge is 2.17. The van der Waals surface area contributed by atoms with Crippen LogP contribution in [0.25, 0.3) is 0 Å². The van der Waals surface area contributed by atoms with E-state index < -0.39 is 6.10 Å². The molecule has 0 radical (unpaired) electrons. The molecule has 1 aromatic rings. The molecule has 0 spiro atoms. The lowest BCUT2D eigenvalue weighted by Crippen LogP contribution is -2.32. The Bertz CT molecular complexity index is 374. The number of ether oxygens (including phenoxy) is 1. The largest absolute Gasteiger partial charge is 0.399 e.